The van der Waals surface area contributed by atoms with Gasteiger partial charge >= 0.3 is 8.80 Å². The van der Waals surface area contributed by atoms with E-state index in [2.05, 4.69) is 39.2 Å². The summed E-state index contributed by atoms with van der Waals surface area (Å²) in [6.07, 6.45) is 9.18. The summed E-state index contributed by atoms with van der Waals surface area (Å²) in [6, 6.07) is 0.781. The molecule has 4 heteroatoms. The van der Waals surface area contributed by atoms with Gasteiger partial charge in [-0.05, 0) is 24.7 Å². The summed E-state index contributed by atoms with van der Waals surface area (Å²) in [5.74, 6) is 1.09. The lowest BCUT2D eigenvalue weighted by atomic mass is 9.65. The van der Waals surface area contributed by atoms with Gasteiger partial charge in [-0.3, -0.25) is 0 Å². The first kappa shape index (κ1) is 18.6. The van der Waals surface area contributed by atoms with E-state index in [9.17, 15) is 0 Å². The maximum atomic E-state index is 6.17. The molecule has 0 radical (unpaired) electrons. The Labute approximate surface area is 131 Å². The molecule has 3 atom stereocenters. The Balaban J connectivity index is 2.83. The zero-order valence-corrected chi connectivity index (χ0v) is 15.2. The van der Waals surface area contributed by atoms with Gasteiger partial charge in [0.25, 0.3) is 0 Å². The second kappa shape index (κ2) is 8.27. The van der Waals surface area contributed by atoms with E-state index in [1.54, 1.807) is 14.2 Å². The highest BCUT2D eigenvalue weighted by molar-refractivity contribution is 6.60. The second-order valence-electron chi connectivity index (χ2n) is 6.23. The Morgan fingerprint density at radius 2 is 1.81 bits per heavy atom. The molecule has 0 saturated heterocycles. The minimum Gasteiger partial charge on any atom is -0.377 e. The molecule has 1 aliphatic carbocycles. The molecule has 3 unspecified atom stereocenters. The molecule has 0 aromatic heterocycles. The average Bonchev–Trinajstić information content (AvgIpc) is 2.56. The first-order valence-corrected chi connectivity index (χ1v) is 9.94. The molecule has 0 N–H and O–H groups in total. The third kappa shape index (κ3) is 4.28. The number of hydrogen-bond donors (Lipinski definition) is 0. The molecule has 122 valence electrons. The van der Waals surface area contributed by atoms with E-state index in [0.29, 0.717) is 18.4 Å². The molecule has 0 aromatic carbocycles. The Morgan fingerprint density at radius 1 is 1.19 bits per heavy atom. The standard InChI is InChI=1S/C17H32O3Si/c1-7-15-12-10-11-13-16(15)17(4,8-2)14-20-21(9-3,18-5)19-6/h7-8,15-16H,1-2,9-14H2,3-6H3. The summed E-state index contributed by atoms with van der Waals surface area (Å²) >= 11 is 0. The Morgan fingerprint density at radius 3 is 2.29 bits per heavy atom. The van der Waals surface area contributed by atoms with Crippen molar-refractivity contribution in [2.45, 2.75) is 45.6 Å². The monoisotopic (exact) mass is 312 g/mol. The molecule has 1 rings (SSSR count). The van der Waals surface area contributed by atoms with Crippen LogP contribution in [0.1, 0.15) is 39.5 Å². The van der Waals surface area contributed by atoms with Gasteiger partial charge in [-0.2, -0.15) is 0 Å². The van der Waals surface area contributed by atoms with E-state index < -0.39 is 8.80 Å². The van der Waals surface area contributed by atoms with Crippen LogP contribution < -0.4 is 0 Å². The molecule has 0 aromatic rings. The smallest absolute Gasteiger partial charge is 0.377 e. The van der Waals surface area contributed by atoms with Crippen molar-refractivity contribution in [3.8, 4) is 0 Å². The van der Waals surface area contributed by atoms with E-state index in [4.69, 9.17) is 13.3 Å². The molecule has 1 fully saturated rings. The second-order valence-corrected chi connectivity index (χ2v) is 9.41. The Kier molecular flexibility index (Phi) is 7.34. The van der Waals surface area contributed by atoms with Crippen molar-refractivity contribution in [1.29, 1.82) is 0 Å². The van der Waals surface area contributed by atoms with Gasteiger partial charge in [0.1, 0.15) is 0 Å². The van der Waals surface area contributed by atoms with Crippen LogP contribution in [-0.4, -0.2) is 29.6 Å². The van der Waals surface area contributed by atoms with Crippen LogP contribution in [-0.2, 0) is 13.3 Å². The molecular formula is C17H32O3Si. The zero-order chi connectivity index (χ0) is 15.9. The van der Waals surface area contributed by atoms with E-state index in [0.717, 1.165) is 6.04 Å². The van der Waals surface area contributed by atoms with Crippen molar-refractivity contribution in [2.75, 3.05) is 20.8 Å². The fourth-order valence-electron chi connectivity index (χ4n) is 3.44. The first-order valence-electron chi connectivity index (χ1n) is 8.01. The molecule has 0 heterocycles. The summed E-state index contributed by atoms with van der Waals surface area (Å²) in [6.45, 7) is 13.0. The topological polar surface area (TPSA) is 27.7 Å². The molecule has 0 amide bonds. The van der Waals surface area contributed by atoms with Crippen molar-refractivity contribution in [1.82, 2.24) is 0 Å². The molecule has 0 aliphatic heterocycles. The zero-order valence-electron chi connectivity index (χ0n) is 14.2. The highest BCUT2D eigenvalue weighted by atomic mass is 28.4. The van der Waals surface area contributed by atoms with Crippen LogP contribution in [0.25, 0.3) is 0 Å². The Hall–Kier alpha value is -0.423. The van der Waals surface area contributed by atoms with Crippen molar-refractivity contribution < 1.29 is 13.3 Å². The van der Waals surface area contributed by atoms with Gasteiger partial charge < -0.3 is 13.3 Å². The number of rotatable bonds is 9. The summed E-state index contributed by atoms with van der Waals surface area (Å²) in [5.41, 5.74) is -0.0657. The SMILES string of the molecule is C=CC1CCCCC1C(C)(C=C)CO[Si](CC)(OC)OC. The molecular weight excluding hydrogens is 280 g/mol. The summed E-state index contributed by atoms with van der Waals surface area (Å²) in [4.78, 5) is 0. The van der Waals surface area contributed by atoms with Crippen LogP contribution in [0.5, 0.6) is 0 Å². The molecule has 21 heavy (non-hydrogen) atoms. The van der Waals surface area contributed by atoms with Gasteiger partial charge in [-0.15, -0.1) is 13.2 Å². The Bertz CT molecular complexity index is 333. The van der Waals surface area contributed by atoms with Gasteiger partial charge in [-0.1, -0.05) is 38.8 Å². The average molecular weight is 313 g/mol. The van der Waals surface area contributed by atoms with Gasteiger partial charge in [0.2, 0.25) is 0 Å². The lowest BCUT2D eigenvalue weighted by molar-refractivity contribution is 0.0306. The fourth-order valence-corrected chi connectivity index (χ4v) is 5.15. The summed E-state index contributed by atoms with van der Waals surface area (Å²) < 4.78 is 17.3. The third-order valence-electron chi connectivity index (χ3n) is 5.09. The minimum atomic E-state index is -2.51. The summed E-state index contributed by atoms with van der Waals surface area (Å²) in [7, 11) is 0.844. The van der Waals surface area contributed by atoms with Gasteiger partial charge in [0.05, 0.1) is 0 Å². The summed E-state index contributed by atoms with van der Waals surface area (Å²) in [5, 5.41) is 0. The van der Waals surface area contributed by atoms with E-state index >= 15 is 0 Å². The van der Waals surface area contributed by atoms with E-state index in [1.807, 2.05) is 0 Å². The van der Waals surface area contributed by atoms with Gasteiger partial charge in [0, 0.05) is 32.3 Å². The lowest BCUT2D eigenvalue weighted by Gasteiger charge is -2.43. The van der Waals surface area contributed by atoms with Crippen molar-refractivity contribution in [2.24, 2.45) is 17.3 Å². The molecule has 0 bridgehead atoms. The van der Waals surface area contributed by atoms with Gasteiger partial charge in [0.15, 0.2) is 0 Å². The van der Waals surface area contributed by atoms with Gasteiger partial charge in [-0.25, -0.2) is 0 Å². The van der Waals surface area contributed by atoms with E-state index in [1.165, 1.54) is 25.7 Å². The first-order chi connectivity index (χ1) is 10.0. The lowest BCUT2D eigenvalue weighted by Crippen LogP contribution is -2.47. The largest absolute Gasteiger partial charge is 0.500 e. The van der Waals surface area contributed by atoms with Crippen LogP contribution in [0, 0.1) is 17.3 Å². The molecule has 3 nitrogen and oxygen atoms in total. The fraction of sp³-hybridized carbons (Fsp3) is 0.765. The van der Waals surface area contributed by atoms with Crippen molar-refractivity contribution in [3.05, 3.63) is 25.3 Å². The highest BCUT2D eigenvalue weighted by Gasteiger charge is 2.43. The molecule has 1 aliphatic rings. The molecule has 1 saturated carbocycles. The molecule has 0 spiro atoms. The number of allylic oxidation sites excluding steroid dienone is 1. The van der Waals surface area contributed by atoms with Crippen molar-refractivity contribution >= 4 is 8.80 Å². The maximum Gasteiger partial charge on any atom is 0.500 e. The quantitative estimate of drug-likeness (QED) is 0.465. The predicted molar refractivity (Wildman–Crippen MR) is 90.2 cm³/mol. The van der Waals surface area contributed by atoms with Crippen molar-refractivity contribution in [3.63, 3.8) is 0 Å². The van der Waals surface area contributed by atoms with Crippen LogP contribution >= 0.6 is 0 Å². The van der Waals surface area contributed by atoms with Crippen LogP contribution in [0.15, 0.2) is 25.3 Å². The van der Waals surface area contributed by atoms with Crippen LogP contribution in [0.3, 0.4) is 0 Å². The number of hydrogen-bond acceptors (Lipinski definition) is 3. The third-order valence-corrected chi connectivity index (χ3v) is 7.79. The maximum absolute atomic E-state index is 6.17. The van der Waals surface area contributed by atoms with Crippen LogP contribution in [0.4, 0.5) is 0 Å². The normalized spacial score (nSPS) is 26.1. The minimum absolute atomic E-state index is 0.0657. The van der Waals surface area contributed by atoms with Crippen LogP contribution in [0.2, 0.25) is 6.04 Å². The highest BCUT2D eigenvalue weighted by Crippen LogP contribution is 2.44. The van der Waals surface area contributed by atoms with E-state index in [-0.39, 0.29) is 5.41 Å². The predicted octanol–water partition coefficient (Wildman–Crippen LogP) is 4.44.